The zero-order chi connectivity index (χ0) is 15.5. The van der Waals surface area contributed by atoms with Crippen LogP contribution in [0.2, 0.25) is 0 Å². The van der Waals surface area contributed by atoms with Gasteiger partial charge < -0.3 is 5.32 Å². The van der Waals surface area contributed by atoms with E-state index >= 15 is 0 Å². The summed E-state index contributed by atoms with van der Waals surface area (Å²) in [5.74, 6) is -0.524. The summed E-state index contributed by atoms with van der Waals surface area (Å²) in [5.41, 5.74) is 1.44. The third-order valence-corrected chi connectivity index (χ3v) is 4.77. The van der Waals surface area contributed by atoms with Crippen LogP contribution in [0.4, 0.5) is 4.39 Å². The van der Waals surface area contributed by atoms with Gasteiger partial charge >= 0.3 is 0 Å². The molecule has 2 aromatic heterocycles. The number of thiophene rings is 1. The largest absolute Gasteiger partial charge is 0.345 e. The van der Waals surface area contributed by atoms with Gasteiger partial charge in [-0.15, -0.1) is 16.4 Å². The molecule has 1 atom stereocenters. The summed E-state index contributed by atoms with van der Waals surface area (Å²) in [4.78, 5) is 13.8. The molecule has 0 fully saturated rings. The first-order chi connectivity index (χ1) is 10.6. The van der Waals surface area contributed by atoms with E-state index in [-0.39, 0.29) is 17.8 Å². The van der Waals surface area contributed by atoms with E-state index in [0.29, 0.717) is 10.6 Å². The van der Waals surface area contributed by atoms with Crippen molar-refractivity contribution in [1.29, 1.82) is 0 Å². The highest BCUT2D eigenvalue weighted by atomic mass is 32.1. The molecule has 1 unspecified atom stereocenters. The second kappa shape index (κ2) is 6.33. The Balaban J connectivity index is 1.78. The summed E-state index contributed by atoms with van der Waals surface area (Å²) in [5, 5.41) is 8.86. The third-order valence-electron chi connectivity index (χ3n) is 3.17. The lowest BCUT2D eigenvalue weighted by Crippen LogP contribution is -2.26. The lowest BCUT2D eigenvalue weighted by molar-refractivity contribution is 0.0944. The molecule has 0 saturated heterocycles. The predicted octanol–water partition coefficient (Wildman–Crippen LogP) is 3.90. The predicted molar refractivity (Wildman–Crippen MR) is 85.5 cm³/mol. The van der Waals surface area contributed by atoms with Crippen molar-refractivity contribution in [3.05, 3.63) is 58.0 Å². The van der Waals surface area contributed by atoms with Gasteiger partial charge in [0, 0.05) is 0 Å². The fourth-order valence-corrected chi connectivity index (χ4v) is 3.37. The van der Waals surface area contributed by atoms with Crippen LogP contribution in [0.25, 0.3) is 10.6 Å². The maximum absolute atomic E-state index is 12.9. The Morgan fingerprint density at radius 2 is 2.05 bits per heavy atom. The Labute approximate surface area is 134 Å². The van der Waals surface area contributed by atoms with Crippen molar-refractivity contribution >= 4 is 28.8 Å². The Kier molecular flexibility index (Phi) is 4.26. The molecule has 0 aliphatic heterocycles. The van der Waals surface area contributed by atoms with E-state index in [1.54, 1.807) is 12.1 Å². The van der Waals surface area contributed by atoms with E-state index in [1.807, 2.05) is 24.4 Å². The smallest absolute Gasteiger partial charge is 0.265 e. The van der Waals surface area contributed by atoms with Crippen molar-refractivity contribution in [3.63, 3.8) is 0 Å². The fourth-order valence-electron chi connectivity index (χ4n) is 2.01. The third kappa shape index (κ3) is 3.05. The van der Waals surface area contributed by atoms with Gasteiger partial charge in [0.15, 0.2) is 0 Å². The second-order valence-corrected chi connectivity index (χ2v) is 6.38. The summed E-state index contributed by atoms with van der Waals surface area (Å²) in [6.07, 6.45) is 0. The standard InChI is InChI=1S/C15H12FN3OS2/c1-9(10-4-6-11(16)7-5-10)17-15(20)14-13(18-19-22-14)12-3-2-8-21-12/h2-9H,1H3,(H,17,20). The maximum Gasteiger partial charge on any atom is 0.265 e. The van der Waals surface area contributed by atoms with Crippen molar-refractivity contribution in [2.45, 2.75) is 13.0 Å². The van der Waals surface area contributed by atoms with Gasteiger partial charge in [0.1, 0.15) is 16.4 Å². The number of hydrogen-bond donors (Lipinski definition) is 1. The molecule has 0 spiro atoms. The molecule has 3 aromatic rings. The van der Waals surface area contributed by atoms with Crippen LogP contribution in [0.5, 0.6) is 0 Å². The van der Waals surface area contributed by atoms with Gasteiger partial charge in [-0.2, -0.15) is 0 Å². The van der Waals surface area contributed by atoms with Crippen molar-refractivity contribution in [2.24, 2.45) is 0 Å². The van der Waals surface area contributed by atoms with Crippen LogP contribution in [0, 0.1) is 5.82 Å². The van der Waals surface area contributed by atoms with Crippen LogP contribution in [0.3, 0.4) is 0 Å². The number of amides is 1. The van der Waals surface area contributed by atoms with Gasteiger partial charge in [0.2, 0.25) is 0 Å². The van der Waals surface area contributed by atoms with Crippen molar-refractivity contribution in [2.75, 3.05) is 0 Å². The minimum absolute atomic E-state index is 0.227. The van der Waals surface area contributed by atoms with Gasteiger partial charge in [-0.05, 0) is 47.6 Å². The van der Waals surface area contributed by atoms with Crippen LogP contribution in [0.15, 0.2) is 41.8 Å². The first-order valence-electron chi connectivity index (χ1n) is 6.57. The zero-order valence-electron chi connectivity index (χ0n) is 11.6. The summed E-state index contributed by atoms with van der Waals surface area (Å²) in [7, 11) is 0. The average Bonchev–Trinajstić information content (AvgIpc) is 3.18. The maximum atomic E-state index is 12.9. The number of rotatable bonds is 4. The quantitative estimate of drug-likeness (QED) is 0.788. The van der Waals surface area contributed by atoms with Crippen molar-refractivity contribution in [3.8, 4) is 10.6 Å². The normalized spacial score (nSPS) is 12.1. The Morgan fingerprint density at radius 1 is 1.27 bits per heavy atom. The second-order valence-electron chi connectivity index (χ2n) is 4.67. The summed E-state index contributed by atoms with van der Waals surface area (Å²) in [6.45, 7) is 1.85. The molecular formula is C15H12FN3OS2. The molecule has 1 N–H and O–H groups in total. The number of nitrogens with zero attached hydrogens (tertiary/aromatic N) is 2. The van der Waals surface area contributed by atoms with E-state index in [9.17, 15) is 9.18 Å². The summed E-state index contributed by atoms with van der Waals surface area (Å²) < 4.78 is 16.8. The van der Waals surface area contributed by atoms with Crippen LogP contribution >= 0.6 is 22.9 Å². The van der Waals surface area contributed by atoms with Crippen LogP contribution < -0.4 is 5.32 Å². The Morgan fingerprint density at radius 3 is 2.73 bits per heavy atom. The average molecular weight is 333 g/mol. The molecule has 1 aromatic carbocycles. The molecule has 4 nitrogen and oxygen atoms in total. The number of aromatic nitrogens is 2. The minimum Gasteiger partial charge on any atom is -0.345 e. The molecule has 7 heteroatoms. The highest BCUT2D eigenvalue weighted by Gasteiger charge is 2.20. The number of hydrogen-bond acceptors (Lipinski definition) is 5. The first-order valence-corrected chi connectivity index (χ1v) is 8.23. The minimum atomic E-state index is -0.297. The molecule has 0 aliphatic rings. The van der Waals surface area contributed by atoms with E-state index in [0.717, 1.165) is 22.0 Å². The summed E-state index contributed by atoms with van der Waals surface area (Å²) in [6, 6.07) is 9.65. The number of halogens is 1. The highest BCUT2D eigenvalue weighted by Crippen LogP contribution is 2.28. The number of carbonyl (C=O) groups excluding carboxylic acids is 1. The van der Waals surface area contributed by atoms with Crippen LogP contribution in [-0.4, -0.2) is 15.5 Å². The molecule has 112 valence electrons. The van der Waals surface area contributed by atoms with Gasteiger partial charge in [0.05, 0.1) is 10.9 Å². The van der Waals surface area contributed by atoms with E-state index in [2.05, 4.69) is 14.9 Å². The molecule has 0 bridgehead atoms. The fraction of sp³-hybridized carbons (Fsp3) is 0.133. The van der Waals surface area contributed by atoms with Gasteiger partial charge in [0.25, 0.3) is 5.91 Å². The van der Waals surface area contributed by atoms with Crippen LogP contribution in [-0.2, 0) is 0 Å². The molecular weight excluding hydrogens is 321 g/mol. The van der Waals surface area contributed by atoms with E-state index < -0.39 is 0 Å². The molecule has 0 saturated carbocycles. The highest BCUT2D eigenvalue weighted by molar-refractivity contribution is 7.14. The molecule has 0 aliphatic carbocycles. The van der Waals surface area contributed by atoms with E-state index in [1.165, 1.54) is 23.5 Å². The van der Waals surface area contributed by atoms with Gasteiger partial charge in [-0.3, -0.25) is 4.79 Å². The topological polar surface area (TPSA) is 54.9 Å². The zero-order valence-corrected chi connectivity index (χ0v) is 13.2. The number of carbonyl (C=O) groups is 1. The molecule has 22 heavy (non-hydrogen) atoms. The SMILES string of the molecule is CC(NC(=O)c1snnc1-c1cccs1)c1ccc(F)cc1. The number of nitrogens with one attached hydrogen (secondary N) is 1. The molecule has 1 amide bonds. The lowest BCUT2D eigenvalue weighted by atomic mass is 10.1. The van der Waals surface area contributed by atoms with Crippen molar-refractivity contribution < 1.29 is 9.18 Å². The Bertz CT molecular complexity index is 768. The van der Waals surface area contributed by atoms with Gasteiger partial charge in [-0.1, -0.05) is 22.7 Å². The molecule has 0 radical (unpaired) electrons. The van der Waals surface area contributed by atoms with Gasteiger partial charge in [-0.25, -0.2) is 4.39 Å². The first kappa shape index (κ1) is 14.8. The number of benzene rings is 1. The lowest BCUT2D eigenvalue weighted by Gasteiger charge is -2.13. The van der Waals surface area contributed by atoms with E-state index in [4.69, 9.17) is 0 Å². The Hall–Kier alpha value is -2.12. The van der Waals surface area contributed by atoms with Crippen molar-refractivity contribution in [1.82, 2.24) is 14.9 Å². The van der Waals surface area contributed by atoms with Crippen LogP contribution in [0.1, 0.15) is 28.2 Å². The molecule has 2 heterocycles. The monoisotopic (exact) mass is 333 g/mol. The molecule has 3 rings (SSSR count). The summed E-state index contributed by atoms with van der Waals surface area (Å²) >= 11 is 2.58.